The molecule has 2 aromatic rings. The molecule has 0 aliphatic rings. The van der Waals surface area contributed by atoms with Crippen LogP contribution in [0.5, 0.6) is 11.5 Å². The summed E-state index contributed by atoms with van der Waals surface area (Å²) in [6.45, 7) is 0. The Labute approximate surface area is 84.8 Å². The van der Waals surface area contributed by atoms with Crippen molar-refractivity contribution in [1.29, 1.82) is 0 Å². The average Bonchev–Trinajstić information content (AvgIpc) is 2.64. The van der Waals surface area contributed by atoms with E-state index in [0.717, 1.165) is 0 Å². The molecule has 1 aromatic heterocycles. The highest BCUT2D eigenvalue weighted by atomic mass is 35.5. The van der Waals surface area contributed by atoms with Gasteiger partial charge in [0.1, 0.15) is 11.5 Å². The van der Waals surface area contributed by atoms with E-state index in [-0.39, 0.29) is 16.5 Å². The lowest BCUT2D eigenvalue weighted by Gasteiger charge is -2.03. The first kappa shape index (κ1) is 8.90. The lowest BCUT2D eigenvalue weighted by atomic mass is 10.1. The fourth-order valence-electron chi connectivity index (χ4n) is 1.17. The average molecular weight is 211 g/mol. The van der Waals surface area contributed by atoms with Crippen molar-refractivity contribution in [3.8, 4) is 22.8 Å². The molecule has 0 saturated carbocycles. The second kappa shape index (κ2) is 3.23. The topological polar surface area (TPSA) is 69.1 Å². The molecule has 14 heavy (non-hydrogen) atoms. The van der Waals surface area contributed by atoms with E-state index < -0.39 is 0 Å². The van der Waals surface area contributed by atoms with E-state index in [1.807, 2.05) is 0 Å². The van der Waals surface area contributed by atoms with Crippen molar-refractivity contribution in [1.82, 2.24) is 10.2 Å². The molecular formula is C9H7ClN2O2. The third-order valence-electron chi connectivity index (χ3n) is 1.86. The lowest BCUT2D eigenvalue weighted by Crippen LogP contribution is -1.80. The van der Waals surface area contributed by atoms with Gasteiger partial charge in [-0.05, 0) is 12.1 Å². The fraction of sp³-hybridized carbons (Fsp3) is 0. The van der Waals surface area contributed by atoms with Gasteiger partial charge in [0.2, 0.25) is 0 Å². The number of hydrogen-bond donors (Lipinski definition) is 3. The first-order valence-electron chi connectivity index (χ1n) is 3.89. The van der Waals surface area contributed by atoms with Gasteiger partial charge in [0, 0.05) is 17.8 Å². The molecule has 0 unspecified atom stereocenters. The number of aromatic amines is 1. The SMILES string of the molecule is Oc1cc(O)c(-c2ccn[nH]2)cc1Cl. The van der Waals surface area contributed by atoms with Gasteiger partial charge in [0.25, 0.3) is 0 Å². The molecule has 0 aliphatic carbocycles. The number of nitrogens with one attached hydrogen (secondary N) is 1. The Morgan fingerprint density at radius 2 is 2.00 bits per heavy atom. The standard InChI is InChI=1S/C9H7ClN2O2/c10-6-3-5(7-1-2-11-12-7)8(13)4-9(6)14/h1-4,13-14H,(H,11,12). The summed E-state index contributed by atoms with van der Waals surface area (Å²) in [4.78, 5) is 0. The third-order valence-corrected chi connectivity index (χ3v) is 2.16. The van der Waals surface area contributed by atoms with Crippen LogP contribution in [0.15, 0.2) is 24.4 Å². The highest BCUT2D eigenvalue weighted by molar-refractivity contribution is 6.32. The number of halogens is 1. The van der Waals surface area contributed by atoms with Gasteiger partial charge >= 0.3 is 0 Å². The van der Waals surface area contributed by atoms with Crippen molar-refractivity contribution in [3.63, 3.8) is 0 Å². The molecule has 0 bridgehead atoms. The van der Waals surface area contributed by atoms with Gasteiger partial charge in [-0.3, -0.25) is 5.10 Å². The quantitative estimate of drug-likeness (QED) is 0.676. The van der Waals surface area contributed by atoms with Gasteiger partial charge < -0.3 is 10.2 Å². The van der Waals surface area contributed by atoms with Crippen molar-refractivity contribution in [2.24, 2.45) is 0 Å². The zero-order valence-corrected chi connectivity index (χ0v) is 7.78. The van der Waals surface area contributed by atoms with Crippen LogP contribution >= 0.6 is 11.6 Å². The Morgan fingerprint density at radius 1 is 1.21 bits per heavy atom. The van der Waals surface area contributed by atoms with E-state index in [1.54, 1.807) is 12.3 Å². The van der Waals surface area contributed by atoms with Gasteiger partial charge in [-0.2, -0.15) is 5.10 Å². The van der Waals surface area contributed by atoms with Crippen LogP contribution in [0.1, 0.15) is 0 Å². The fourth-order valence-corrected chi connectivity index (χ4v) is 1.34. The predicted molar refractivity (Wildman–Crippen MR) is 52.4 cm³/mol. The molecule has 0 amide bonds. The molecule has 2 rings (SSSR count). The summed E-state index contributed by atoms with van der Waals surface area (Å²) in [5, 5.41) is 25.4. The van der Waals surface area contributed by atoms with Crippen LogP contribution in [0, 0.1) is 0 Å². The molecule has 1 heterocycles. The van der Waals surface area contributed by atoms with Crippen molar-refractivity contribution >= 4 is 11.6 Å². The Balaban J connectivity index is 2.60. The summed E-state index contributed by atoms with van der Waals surface area (Å²) in [7, 11) is 0. The molecule has 0 saturated heterocycles. The zero-order chi connectivity index (χ0) is 10.1. The van der Waals surface area contributed by atoms with Gasteiger partial charge in [0.05, 0.1) is 10.7 Å². The Hall–Kier alpha value is -1.68. The molecule has 4 nitrogen and oxygen atoms in total. The molecule has 1 aromatic carbocycles. The number of hydrogen-bond acceptors (Lipinski definition) is 3. The normalized spacial score (nSPS) is 10.4. The van der Waals surface area contributed by atoms with Crippen LogP contribution in [0.2, 0.25) is 5.02 Å². The molecule has 0 atom stereocenters. The van der Waals surface area contributed by atoms with Crippen molar-refractivity contribution < 1.29 is 10.2 Å². The highest BCUT2D eigenvalue weighted by Gasteiger charge is 2.09. The van der Waals surface area contributed by atoms with Crippen molar-refractivity contribution in [2.45, 2.75) is 0 Å². The van der Waals surface area contributed by atoms with Gasteiger partial charge in [-0.1, -0.05) is 11.6 Å². The maximum atomic E-state index is 9.52. The van der Waals surface area contributed by atoms with E-state index in [9.17, 15) is 10.2 Å². The van der Waals surface area contributed by atoms with Gasteiger partial charge in [-0.15, -0.1) is 0 Å². The molecule has 3 N–H and O–H groups in total. The van der Waals surface area contributed by atoms with E-state index in [0.29, 0.717) is 11.3 Å². The van der Waals surface area contributed by atoms with Crippen LogP contribution in [0.4, 0.5) is 0 Å². The maximum Gasteiger partial charge on any atom is 0.137 e. The molecule has 0 radical (unpaired) electrons. The second-order valence-corrected chi connectivity index (χ2v) is 3.20. The molecule has 0 aliphatic heterocycles. The third kappa shape index (κ3) is 1.40. The summed E-state index contributed by atoms with van der Waals surface area (Å²) < 4.78 is 0. The first-order valence-corrected chi connectivity index (χ1v) is 4.27. The van der Waals surface area contributed by atoms with Crippen LogP contribution in [0.25, 0.3) is 11.3 Å². The number of aromatic hydroxyl groups is 2. The number of aromatic nitrogens is 2. The zero-order valence-electron chi connectivity index (χ0n) is 7.03. The summed E-state index contributed by atoms with van der Waals surface area (Å²) in [6, 6.07) is 4.36. The maximum absolute atomic E-state index is 9.52. The predicted octanol–water partition coefficient (Wildman–Crippen LogP) is 2.14. The molecule has 0 spiro atoms. The Kier molecular flexibility index (Phi) is 2.05. The van der Waals surface area contributed by atoms with Crippen molar-refractivity contribution in [2.75, 3.05) is 0 Å². The van der Waals surface area contributed by atoms with Crippen LogP contribution in [0.3, 0.4) is 0 Å². The van der Waals surface area contributed by atoms with Crippen LogP contribution < -0.4 is 0 Å². The highest BCUT2D eigenvalue weighted by Crippen LogP contribution is 2.36. The van der Waals surface area contributed by atoms with Crippen LogP contribution in [-0.4, -0.2) is 20.4 Å². The number of benzene rings is 1. The number of rotatable bonds is 1. The molecule has 0 fully saturated rings. The monoisotopic (exact) mass is 210 g/mol. The second-order valence-electron chi connectivity index (χ2n) is 2.79. The summed E-state index contributed by atoms with van der Waals surface area (Å²) in [5.74, 6) is -0.191. The number of phenolic OH excluding ortho intramolecular Hbond substituents is 2. The van der Waals surface area contributed by atoms with Gasteiger partial charge in [-0.25, -0.2) is 0 Å². The lowest BCUT2D eigenvalue weighted by molar-refractivity contribution is 0.452. The van der Waals surface area contributed by atoms with Crippen LogP contribution in [-0.2, 0) is 0 Å². The van der Waals surface area contributed by atoms with E-state index >= 15 is 0 Å². The summed E-state index contributed by atoms with van der Waals surface area (Å²) in [5.41, 5.74) is 1.15. The molecule has 72 valence electrons. The van der Waals surface area contributed by atoms with E-state index in [4.69, 9.17) is 11.6 Å². The molecular weight excluding hydrogens is 204 g/mol. The Morgan fingerprint density at radius 3 is 2.64 bits per heavy atom. The number of nitrogens with zero attached hydrogens (tertiary/aromatic N) is 1. The minimum atomic E-state index is -0.146. The van der Waals surface area contributed by atoms with Gasteiger partial charge in [0.15, 0.2) is 0 Å². The van der Waals surface area contributed by atoms with E-state index in [1.165, 1.54) is 12.1 Å². The summed E-state index contributed by atoms with van der Waals surface area (Å²) in [6.07, 6.45) is 1.57. The number of H-pyrrole nitrogens is 1. The summed E-state index contributed by atoms with van der Waals surface area (Å²) >= 11 is 5.71. The van der Waals surface area contributed by atoms with Crippen molar-refractivity contribution in [3.05, 3.63) is 29.4 Å². The van der Waals surface area contributed by atoms with E-state index in [2.05, 4.69) is 10.2 Å². The smallest absolute Gasteiger partial charge is 0.137 e. The largest absolute Gasteiger partial charge is 0.507 e. The minimum Gasteiger partial charge on any atom is -0.507 e. The first-order chi connectivity index (χ1) is 6.68. The Bertz CT molecular complexity index is 454. The molecule has 5 heteroatoms. The minimum absolute atomic E-state index is 0.0452. The number of phenols is 2.